The second kappa shape index (κ2) is 5.92. The van der Waals surface area contributed by atoms with Gasteiger partial charge < -0.3 is 15.6 Å². The van der Waals surface area contributed by atoms with E-state index in [2.05, 4.69) is 20.6 Å². The maximum Gasteiger partial charge on any atom is 0.234 e. The molecule has 96 valence electrons. The van der Waals surface area contributed by atoms with E-state index in [0.717, 1.165) is 6.54 Å². The highest BCUT2D eigenvalue weighted by atomic mass is 16.1. The summed E-state index contributed by atoms with van der Waals surface area (Å²) in [4.78, 5) is 14.9. The van der Waals surface area contributed by atoms with Gasteiger partial charge in [0.15, 0.2) is 0 Å². The Balaban J connectivity index is 1.80. The predicted octanol–water partition coefficient (Wildman–Crippen LogP) is -1.25. The van der Waals surface area contributed by atoms with Gasteiger partial charge in [-0.3, -0.25) is 9.48 Å². The van der Waals surface area contributed by atoms with Crippen LogP contribution in [-0.4, -0.2) is 37.0 Å². The van der Waals surface area contributed by atoms with Gasteiger partial charge in [-0.15, -0.1) is 5.10 Å². The number of carbonyl (C=O) groups is 1. The van der Waals surface area contributed by atoms with Crippen LogP contribution in [0.1, 0.15) is 5.69 Å². The van der Waals surface area contributed by atoms with Gasteiger partial charge >= 0.3 is 0 Å². The van der Waals surface area contributed by atoms with Gasteiger partial charge in [-0.1, -0.05) is 5.21 Å². The average Bonchev–Trinajstić information content (AvgIpc) is 3.04. The van der Waals surface area contributed by atoms with Crippen molar-refractivity contribution in [2.45, 2.75) is 19.6 Å². The number of hydrogen-bond donors (Lipinski definition) is 2. The first-order valence-electron chi connectivity index (χ1n) is 5.59. The number of aryl methyl sites for hydroxylation is 2. The predicted molar refractivity (Wildman–Crippen MR) is 63.2 cm³/mol. The quantitative estimate of drug-likeness (QED) is 0.665. The summed E-state index contributed by atoms with van der Waals surface area (Å²) in [6, 6.07) is 0. The Morgan fingerprint density at radius 3 is 3.06 bits per heavy atom. The van der Waals surface area contributed by atoms with Crippen molar-refractivity contribution in [3.63, 3.8) is 0 Å². The summed E-state index contributed by atoms with van der Waals surface area (Å²) >= 11 is 0. The summed E-state index contributed by atoms with van der Waals surface area (Å²) < 4.78 is 3.68. The Bertz CT molecular complexity index is 490. The van der Waals surface area contributed by atoms with Crippen LogP contribution in [0.15, 0.2) is 24.9 Å². The topological polar surface area (TPSA) is 104 Å². The molecule has 0 spiro atoms. The van der Waals surface area contributed by atoms with Crippen molar-refractivity contribution >= 4 is 5.91 Å². The highest BCUT2D eigenvalue weighted by Gasteiger charge is 2.02. The fourth-order valence-corrected chi connectivity index (χ4v) is 1.43. The van der Waals surface area contributed by atoms with E-state index in [4.69, 9.17) is 5.73 Å². The number of amides is 1. The smallest absolute Gasteiger partial charge is 0.234 e. The maximum absolute atomic E-state index is 11.0. The van der Waals surface area contributed by atoms with Crippen molar-refractivity contribution in [3.8, 4) is 0 Å². The second-order valence-corrected chi connectivity index (χ2v) is 3.75. The molecule has 3 N–H and O–H groups in total. The highest BCUT2D eigenvalue weighted by molar-refractivity contribution is 5.77. The number of nitrogens with zero attached hydrogens (tertiary/aromatic N) is 5. The third-order valence-corrected chi connectivity index (χ3v) is 2.38. The first kappa shape index (κ1) is 12.2. The number of imidazole rings is 1. The van der Waals surface area contributed by atoms with Gasteiger partial charge in [0.25, 0.3) is 0 Å². The molecule has 0 atom stereocenters. The molecule has 1 amide bonds. The van der Waals surface area contributed by atoms with Gasteiger partial charge in [-0.25, -0.2) is 4.98 Å². The molecule has 0 aliphatic rings. The van der Waals surface area contributed by atoms with Crippen LogP contribution in [0.4, 0.5) is 0 Å². The minimum absolute atomic E-state index is 0.0191. The van der Waals surface area contributed by atoms with Crippen LogP contribution in [0.3, 0.4) is 0 Å². The van der Waals surface area contributed by atoms with Crippen molar-refractivity contribution in [2.24, 2.45) is 5.73 Å². The average molecular weight is 249 g/mol. The Morgan fingerprint density at radius 1 is 1.44 bits per heavy atom. The zero-order valence-electron chi connectivity index (χ0n) is 9.86. The second-order valence-electron chi connectivity index (χ2n) is 3.75. The van der Waals surface area contributed by atoms with Gasteiger partial charge in [0.2, 0.25) is 5.91 Å². The van der Waals surface area contributed by atoms with Crippen LogP contribution < -0.4 is 11.1 Å². The van der Waals surface area contributed by atoms with Crippen molar-refractivity contribution in [1.82, 2.24) is 29.9 Å². The minimum atomic E-state index is -0.206. The molecule has 18 heavy (non-hydrogen) atoms. The van der Waals surface area contributed by atoms with Gasteiger partial charge in [-0.05, 0) is 0 Å². The van der Waals surface area contributed by atoms with Gasteiger partial charge in [0.05, 0.1) is 32.2 Å². The maximum atomic E-state index is 11.0. The molecular weight excluding hydrogens is 234 g/mol. The summed E-state index contributed by atoms with van der Waals surface area (Å²) in [5, 5.41) is 10.6. The van der Waals surface area contributed by atoms with Crippen LogP contribution in [0, 0.1) is 0 Å². The zero-order valence-corrected chi connectivity index (χ0v) is 9.86. The van der Waals surface area contributed by atoms with Crippen molar-refractivity contribution in [3.05, 3.63) is 30.6 Å². The van der Waals surface area contributed by atoms with E-state index in [0.29, 0.717) is 18.8 Å². The van der Waals surface area contributed by atoms with E-state index in [9.17, 15) is 4.79 Å². The number of rotatable bonds is 6. The first-order valence-corrected chi connectivity index (χ1v) is 5.59. The number of aromatic nitrogens is 5. The molecule has 0 saturated carbocycles. The van der Waals surface area contributed by atoms with Gasteiger partial charge in [0, 0.05) is 18.9 Å². The molecule has 0 saturated heterocycles. The minimum Gasteiger partial charge on any atom is -0.349 e. The number of nitrogens with one attached hydrogen (secondary N) is 1. The fourth-order valence-electron chi connectivity index (χ4n) is 1.43. The molecule has 0 radical (unpaired) electrons. The lowest BCUT2D eigenvalue weighted by atomic mass is 10.4. The Hall–Kier alpha value is -2.22. The molecule has 2 aromatic rings. The molecule has 0 aromatic carbocycles. The third-order valence-electron chi connectivity index (χ3n) is 2.38. The highest BCUT2D eigenvalue weighted by Crippen LogP contribution is 1.94. The monoisotopic (exact) mass is 249 g/mol. The molecule has 8 heteroatoms. The lowest BCUT2D eigenvalue weighted by Gasteiger charge is -2.01. The van der Waals surface area contributed by atoms with E-state index in [1.807, 2.05) is 10.8 Å². The zero-order chi connectivity index (χ0) is 12.8. The summed E-state index contributed by atoms with van der Waals surface area (Å²) in [6.45, 7) is 1.81. The molecular formula is C10H15N7O. The summed E-state index contributed by atoms with van der Waals surface area (Å²) in [6.07, 6.45) is 7.17. The van der Waals surface area contributed by atoms with Crippen molar-refractivity contribution in [1.29, 1.82) is 0 Å². The molecule has 8 nitrogen and oxygen atoms in total. The van der Waals surface area contributed by atoms with Crippen LogP contribution in [0.5, 0.6) is 0 Å². The summed E-state index contributed by atoms with van der Waals surface area (Å²) in [5.41, 5.74) is 5.89. The van der Waals surface area contributed by atoms with E-state index < -0.39 is 0 Å². The van der Waals surface area contributed by atoms with E-state index in [1.165, 1.54) is 0 Å². The molecule has 0 aliphatic heterocycles. The lowest BCUT2D eigenvalue weighted by molar-refractivity contribution is -0.119. The Labute approximate surface area is 104 Å². The van der Waals surface area contributed by atoms with Crippen LogP contribution in [0.25, 0.3) is 0 Å². The van der Waals surface area contributed by atoms with Crippen LogP contribution in [0.2, 0.25) is 0 Å². The Kier molecular flexibility index (Phi) is 4.02. The van der Waals surface area contributed by atoms with E-state index >= 15 is 0 Å². The van der Waals surface area contributed by atoms with E-state index in [-0.39, 0.29) is 12.5 Å². The number of carbonyl (C=O) groups excluding carboxylic acids is 1. The molecule has 0 bridgehead atoms. The van der Waals surface area contributed by atoms with Crippen molar-refractivity contribution in [2.75, 3.05) is 6.54 Å². The van der Waals surface area contributed by atoms with Crippen molar-refractivity contribution < 1.29 is 4.79 Å². The standard InChI is InChI=1S/C10H15N7O/c11-5-10(18)13-6-9-7-17(15-14-9)4-3-16-2-1-12-8-16/h1-2,7-8H,3-6,11H2,(H,13,18). The lowest BCUT2D eigenvalue weighted by Crippen LogP contribution is -2.29. The number of nitrogens with two attached hydrogens (primary N) is 1. The van der Waals surface area contributed by atoms with E-state index in [1.54, 1.807) is 23.4 Å². The molecule has 2 rings (SSSR count). The molecule has 0 fully saturated rings. The Morgan fingerprint density at radius 2 is 2.33 bits per heavy atom. The summed E-state index contributed by atoms with van der Waals surface area (Å²) in [7, 11) is 0. The fraction of sp³-hybridized carbons (Fsp3) is 0.400. The largest absolute Gasteiger partial charge is 0.349 e. The number of hydrogen-bond acceptors (Lipinski definition) is 5. The normalized spacial score (nSPS) is 10.5. The first-order chi connectivity index (χ1) is 8.78. The molecule has 2 heterocycles. The molecule has 0 unspecified atom stereocenters. The van der Waals surface area contributed by atoms with Gasteiger partial charge in [0.1, 0.15) is 5.69 Å². The molecule has 2 aromatic heterocycles. The van der Waals surface area contributed by atoms with Gasteiger partial charge in [-0.2, -0.15) is 0 Å². The SMILES string of the molecule is NCC(=O)NCc1cn(CCn2ccnc2)nn1. The van der Waals surface area contributed by atoms with Crippen LogP contribution >= 0.6 is 0 Å². The van der Waals surface area contributed by atoms with Crippen LogP contribution in [-0.2, 0) is 24.4 Å². The summed E-state index contributed by atoms with van der Waals surface area (Å²) in [5.74, 6) is -0.206. The third kappa shape index (κ3) is 3.39. The molecule has 0 aliphatic carbocycles.